The number of nitrogens with one attached hydrogen (secondary N) is 1. The molecule has 0 spiro atoms. The zero-order chi connectivity index (χ0) is 16.9. The van der Waals surface area contributed by atoms with Gasteiger partial charge in [0.2, 0.25) is 0 Å². The molecule has 2 aliphatic rings. The second-order valence-electron chi connectivity index (χ2n) is 6.34. The summed E-state index contributed by atoms with van der Waals surface area (Å²) in [7, 11) is 3.25. The van der Waals surface area contributed by atoms with Crippen LogP contribution in [0.2, 0.25) is 0 Å². The first-order valence-corrected chi connectivity index (χ1v) is 8.78. The van der Waals surface area contributed by atoms with Crippen molar-refractivity contribution in [1.82, 2.24) is 10.3 Å². The van der Waals surface area contributed by atoms with Gasteiger partial charge < -0.3 is 20.5 Å². The Labute approximate surface area is 143 Å². The predicted molar refractivity (Wildman–Crippen MR) is 98.0 cm³/mol. The van der Waals surface area contributed by atoms with Crippen LogP contribution in [0.5, 0.6) is 11.5 Å². The van der Waals surface area contributed by atoms with Gasteiger partial charge in [0.15, 0.2) is 11.5 Å². The third-order valence-electron chi connectivity index (χ3n) is 4.77. The lowest BCUT2D eigenvalue weighted by atomic mass is 10.1. The molecule has 0 bridgehead atoms. The van der Waals surface area contributed by atoms with Gasteiger partial charge in [-0.3, -0.25) is 4.98 Å². The molecule has 5 nitrogen and oxygen atoms in total. The van der Waals surface area contributed by atoms with Gasteiger partial charge in [-0.2, -0.15) is 0 Å². The second kappa shape index (κ2) is 7.71. The molecular weight excluding hydrogens is 302 g/mol. The average molecular weight is 329 g/mol. The Balaban J connectivity index is 0.000000238. The lowest BCUT2D eigenvalue weighted by molar-refractivity contribution is 0.356. The molecular formula is C19H27N3O2. The summed E-state index contributed by atoms with van der Waals surface area (Å²) in [4.78, 5) is 4.69. The molecule has 1 aromatic carbocycles. The first kappa shape index (κ1) is 16.8. The van der Waals surface area contributed by atoms with E-state index in [0.29, 0.717) is 11.5 Å². The van der Waals surface area contributed by atoms with Crippen LogP contribution in [-0.4, -0.2) is 32.3 Å². The fraction of sp³-hybridized carbons (Fsp3) is 0.526. The molecule has 1 saturated heterocycles. The molecule has 5 heteroatoms. The largest absolute Gasteiger partial charge is 0.493 e. The Morgan fingerprint density at radius 3 is 2.25 bits per heavy atom. The van der Waals surface area contributed by atoms with Crippen LogP contribution in [0.1, 0.15) is 36.9 Å². The van der Waals surface area contributed by atoms with Crippen LogP contribution in [0.25, 0.3) is 10.9 Å². The molecule has 0 radical (unpaired) electrons. The Morgan fingerprint density at radius 2 is 1.67 bits per heavy atom. The number of nitrogen functional groups attached to an aromatic ring is 1. The van der Waals surface area contributed by atoms with Crippen LogP contribution >= 0.6 is 0 Å². The molecule has 24 heavy (non-hydrogen) atoms. The molecule has 130 valence electrons. The average Bonchev–Trinajstić information content (AvgIpc) is 3.11. The van der Waals surface area contributed by atoms with E-state index in [1.165, 1.54) is 37.9 Å². The van der Waals surface area contributed by atoms with Gasteiger partial charge >= 0.3 is 0 Å². The number of fused-ring (bicyclic) bond motifs is 2. The minimum Gasteiger partial charge on any atom is -0.493 e. The van der Waals surface area contributed by atoms with Gasteiger partial charge in [0.05, 0.1) is 19.7 Å². The van der Waals surface area contributed by atoms with E-state index in [1.807, 2.05) is 12.1 Å². The Bertz CT molecular complexity index is 700. The van der Waals surface area contributed by atoms with Crippen molar-refractivity contribution in [2.75, 3.05) is 33.0 Å². The first-order valence-electron chi connectivity index (χ1n) is 8.78. The molecule has 0 amide bonds. The molecule has 4 rings (SSSR count). The van der Waals surface area contributed by atoms with Gasteiger partial charge in [0, 0.05) is 22.8 Å². The molecule has 1 aliphatic carbocycles. The van der Waals surface area contributed by atoms with Crippen molar-refractivity contribution in [1.29, 1.82) is 0 Å². The minimum absolute atomic E-state index is 0.690. The van der Waals surface area contributed by atoms with Crippen molar-refractivity contribution < 1.29 is 9.47 Å². The molecule has 1 aliphatic heterocycles. The number of methoxy groups -OCH3 is 2. The van der Waals surface area contributed by atoms with Crippen LogP contribution in [0.3, 0.4) is 0 Å². The van der Waals surface area contributed by atoms with E-state index >= 15 is 0 Å². The summed E-state index contributed by atoms with van der Waals surface area (Å²) >= 11 is 0. The Morgan fingerprint density at radius 1 is 0.958 bits per heavy atom. The number of hydrogen-bond acceptors (Lipinski definition) is 5. The third kappa shape index (κ3) is 3.41. The summed E-state index contributed by atoms with van der Waals surface area (Å²) in [5, 5.41) is 4.24. The second-order valence-corrected chi connectivity index (χ2v) is 6.34. The highest BCUT2D eigenvalue weighted by Gasteiger charge is 2.19. The summed E-state index contributed by atoms with van der Waals surface area (Å²) < 4.78 is 10.6. The minimum atomic E-state index is 0.690. The number of hydrogen-bond donors (Lipinski definition) is 2. The number of benzene rings is 1. The van der Waals surface area contributed by atoms with Gasteiger partial charge in [0.25, 0.3) is 0 Å². The van der Waals surface area contributed by atoms with Crippen molar-refractivity contribution in [2.24, 2.45) is 0 Å². The van der Waals surface area contributed by atoms with Crippen molar-refractivity contribution >= 4 is 16.6 Å². The number of ether oxygens (including phenoxy) is 2. The lowest BCUT2D eigenvalue weighted by Gasteiger charge is -2.12. The number of pyridine rings is 1. The summed E-state index contributed by atoms with van der Waals surface area (Å²) in [6.45, 7) is 2.50. The molecule has 1 fully saturated rings. The van der Waals surface area contributed by atoms with Gasteiger partial charge in [-0.15, -0.1) is 0 Å². The van der Waals surface area contributed by atoms with E-state index in [2.05, 4.69) is 10.3 Å². The SMILES string of the molecule is C1CCNCC1.COc1cc2nc3c(c(N)c2cc1OC)CCC3. The van der Waals surface area contributed by atoms with Gasteiger partial charge in [0.1, 0.15) is 0 Å². The molecule has 0 unspecified atom stereocenters. The maximum absolute atomic E-state index is 6.25. The molecule has 2 aromatic rings. The zero-order valence-corrected chi connectivity index (χ0v) is 14.7. The van der Waals surface area contributed by atoms with Crippen molar-refractivity contribution in [3.05, 3.63) is 23.4 Å². The highest BCUT2D eigenvalue weighted by Crippen LogP contribution is 2.37. The van der Waals surface area contributed by atoms with E-state index in [0.717, 1.165) is 41.5 Å². The first-order chi connectivity index (χ1) is 11.7. The van der Waals surface area contributed by atoms with E-state index in [-0.39, 0.29) is 0 Å². The summed E-state index contributed by atoms with van der Waals surface area (Å²) in [5.74, 6) is 1.38. The quantitative estimate of drug-likeness (QED) is 0.886. The maximum atomic E-state index is 6.25. The van der Waals surface area contributed by atoms with Crippen LogP contribution in [0.15, 0.2) is 12.1 Å². The van der Waals surface area contributed by atoms with Crippen LogP contribution < -0.4 is 20.5 Å². The standard InChI is InChI=1S/C14H16N2O2.C5H11N/c1-17-12-6-9-11(7-13(12)18-2)16-10-5-3-4-8(10)14(9)15;1-2-4-6-5-3-1/h6-7H,3-5H2,1-2H3,(H2,15,16);6H,1-5H2. The topological polar surface area (TPSA) is 69.4 Å². The Hall–Kier alpha value is -2.01. The van der Waals surface area contributed by atoms with Gasteiger partial charge in [-0.25, -0.2) is 0 Å². The maximum Gasteiger partial charge on any atom is 0.162 e. The molecule has 0 atom stereocenters. The Kier molecular flexibility index (Phi) is 5.41. The lowest BCUT2D eigenvalue weighted by Crippen LogP contribution is -2.21. The van der Waals surface area contributed by atoms with E-state index in [9.17, 15) is 0 Å². The third-order valence-corrected chi connectivity index (χ3v) is 4.77. The van der Waals surface area contributed by atoms with Crippen LogP contribution in [-0.2, 0) is 12.8 Å². The van der Waals surface area contributed by atoms with Crippen molar-refractivity contribution in [3.8, 4) is 11.5 Å². The molecule has 2 heterocycles. The van der Waals surface area contributed by atoms with Gasteiger partial charge in [-0.05, 0) is 56.8 Å². The summed E-state index contributed by atoms with van der Waals surface area (Å²) in [5.41, 5.74) is 10.3. The van der Waals surface area contributed by atoms with Crippen LogP contribution in [0, 0.1) is 0 Å². The van der Waals surface area contributed by atoms with Gasteiger partial charge in [-0.1, -0.05) is 6.42 Å². The number of anilines is 1. The molecule has 0 saturated carbocycles. The molecule has 3 N–H and O–H groups in total. The fourth-order valence-electron chi connectivity index (χ4n) is 3.43. The zero-order valence-electron chi connectivity index (χ0n) is 14.7. The highest BCUT2D eigenvalue weighted by atomic mass is 16.5. The predicted octanol–water partition coefficient (Wildman–Crippen LogP) is 3.08. The number of nitrogens with zero attached hydrogens (tertiary/aromatic N) is 1. The van der Waals surface area contributed by atoms with Crippen molar-refractivity contribution in [3.63, 3.8) is 0 Å². The molecule has 1 aromatic heterocycles. The number of nitrogens with two attached hydrogens (primary N) is 1. The smallest absolute Gasteiger partial charge is 0.162 e. The van der Waals surface area contributed by atoms with Crippen LogP contribution in [0.4, 0.5) is 5.69 Å². The fourth-order valence-corrected chi connectivity index (χ4v) is 3.43. The normalized spacial score (nSPS) is 16.2. The summed E-state index contributed by atoms with van der Waals surface area (Å²) in [6.07, 6.45) is 7.40. The number of piperidine rings is 1. The highest BCUT2D eigenvalue weighted by molar-refractivity contribution is 5.94. The van der Waals surface area contributed by atoms with Crippen molar-refractivity contribution in [2.45, 2.75) is 38.5 Å². The monoisotopic (exact) mass is 329 g/mol. The number of aryl methyl sites for hydroxylation is 1. The summed E-state index contributed by atoms with van der Waals surface area (Å²) in [6, 6.07) is 3.80. The van der Waals surface area contributed by atoms with E-state index < -0.39 is 0 Å². The number of aromatic nitrogens is 1. The number of rotatable bonds is 2. The van der Waals surface area contributed by atoms with E-state index in [4.69, 9.17) is 15.2 Å². The van der Waals surface area contributed by atoms with E-state index in [1.54, 1.807) is 14.2 Å².